The molecule has 3 aliphatic carbocycles. The van der Waals surface area contributed by atoms with Gasteiger partial charge in [0.05, 0.1) is 11.6 Å². The number of phenolic OH excluding ortho intramolecular Hbond substituents is 1. The molecule has 1 saturated carbocycles. The number of aromatic hydroxyl groups is 1. The molecule has 0 spiro atoms. The number of carbonyl (C=O) groups is 4. The number of ketones is 3. The number of aliphatic hydroxyl groups excluding tert-OH is 2. The van der Waals surface area contributed by atoms with Crippen molar-refractivity contribution in [1.29, 1.82) is 5.53 Å². The van der Waals surface area contributed by atoms with Crippen molar-refractivity contribution < 1.29 is 39.6 Å². The monoisotopic (exact) mass is 526 g/mol. The van der Waals surface area contributed by atoms with E-state index in [9.17, 15) is 39.6 Å². The molecule has 0 saturated heterocycles. The van der Waals surface area contributed by atoms with Gasteiger partial charge in [0.1, 0.15) is 28.4 Å². The molecule has 3 unspecified atom stereocenters. The van der Waals surface area contributed by atoms with Crippen molar-refractivity contribution in [3.05, 3.63) is 40.2 Å². The number of benzene rings is 1. The maximum absolute atomic E-state index is 14.1. The number of nitrogens with one attached hydrogen (secondary N) is 1. The number of nitrogens with two attached hydrogens (primary N) is 1. The second-order valence-corrected chi connectivity index (χ2v) is 10.2. The number of hydrogen-bond donors (Lipinski definition) is 6. The molecule has 1 aromatic rings. The number of carbonyl (C=O) groups excluding carboxylic acids is 4. The Bertz CT molecular complexity index is 1420. The standard InChI is InChI=1S/C25H27N5O8/c1-8(31)7-11-13-9(2)10-5-6-12(28-29-27)19(32)14(10)20(33)15(13)22(35)25(38)17(11)18(30(3)4)21(34)16(23(25)36)24(26)37/h5-6,9,11,13,17-18,27,38H,7H2,1-4H3,(H4,26,33,34,35,36,37)/p+1/t9-,11?,13?,17?,18-,25-/m0/s1. The van der Waals surface area contributed by atoms with E-state index in [1.54, 1.807) is 6.92 Å². The molecule has 0 radical (unpaired) electrons. The molecule has 3 aliphatic rings. The summed E-state index contributed by atoms with van der Waals surface area (Å²) in [6, 6.07) is 1.59. The van der Waals surface area contributed by atoms with Gasteiger partial charge in [0.2, 0.25) is 10.7 Å². The first kappa shape index (κ1) is 26.9. The van der Waals surface area contributed by atoms with Crippen LogP contribution in [0.2, 0.25) is 0 Å². The molecule has 7 N–H and O–H groups in total. The number of rotatable bonds is 5. The first-order valence-electron chi connectivity index (χ1n) is 11.8. The minimum absolute atomic E-state index is 0.161. The fourth-order valence-corrected chi connectivity index (χ4v) is 6.55. The summed E-state index contributed by atoms with van der Waals surface area (Å²) in [6.45, 7) is 3.00. The molecule has 0 heterocycles. The number of fused-ring (bicyclic) bond motifs is 3. The summed E-state index contributed by atoms with van der Waals surface area (Å²) in [7, 11) is 2.98. The Morgan fingerprint density at radius 3 is 2.37 bits per heavy atom. The van der Waals surface area contributed by atoms with Crippen molar-refractivity contribution in [2.45, 2.75) is 37.8 Å². The zero-order valence-electron chi connectivity index (χ0n) is 21.1. The quantitative estimate of drug-likeness (QED) is 0.182. The number of likely N-dealkylation sites (N-methyl/N-ethyl adjacent to an activating group) is 1. The number of amides is 1. The van der Waals surface area contributed by atoms with Crippen molar-refractivity contribution in [2.75, 3.05) is 14.1 Å². The minimum atomic E-state index is -2.89. The summed E-state index contributed by atoms with van der Waals surface area (Å²) in [5.41, 5.74) is 8.16. The van der Waals surface area contributed by atoms with Gasteiger partial charge in [-0.1, -0.05) is 13.0 Å². The number of hydrogen-bond acceptors (Lipinski definition) is 11. The average Bonchev–Trinajstić information content (AvgIpc) is 2.81. The van der Waals surface area contributed by atoms with Crippen LogP contribution in [0.3, 0.4) is 0 Å². The van der Waals surface area contributed by atoms with E-state index in [0.29, 0.717) is 5.56 Å². The van der Waals surface area contributed by atoms with Crippen LogP contribution < -0.4 is 10.6 Å². The molecule has 0 aliphatic heterocycles. The smallest absolute Gasteiger partial charge is 0.255 e. The highest BCUT2D eigenvalue weighted by Crippen LogP contribution is 2.59. The van der Waals surface area contributed by atoms with E-state index in [4.69, 9.17) is 11.3 Å². The van der Waals surface area contributed by atoms with E-state index >= 15 is 0 Å². The SMILES string of the molecule is CC(=O)CC1C2C(=C(O)c3c(ccc(N=[N+]=N)c3O)[C@@H]2C)C(=O)[C@]2(O)C(O)=C(C(N)=O)C(=O)[C@@H](N(C)C)C12. The van der Waals surface area contributed by atoms with Crippen LogP contribution in [0, 0.1) is 23.3 Å². The van der Waals surface area contributed by atoms with Gasteiger partial charge in [0.15, 0.2) is 27.9 Å². The molecule has 1 fully saturated rings. The van der Waals surface area contributed by atoms with E-state index < -0.39 is 75.6 Å². The highest BCUT2D eigenvalue weighted by atomic mass is 16.3. The Balaban J connectivity index is 2.13. The molecule has 200 valence electrons. The largest absolute Gasteiger partial charge is 0.508 e. The van der Waals surface area contributed by atoms with Gasteiger partial charge in [-0.3, -0.25) is 19.3 Å². The van der Waals surface area contributed by atoms with Crippen LogP contribution in [0.4, 0.5) is 5.69 Å². The number of phenols is 1. The molecule has 38 heavy (non-hydrogen) atoms. The second-order valence-electron chi connectivity index (χ2n) is 10.2. The molecule has 4 rings (SSSR count). The molecule has 13 nitrogen and oxygen atoms in total. The first-order chi connectivity index (χ1) is 17.7. The molecule has 13 heteroatoms. The number of Topliss-reactive ketones (excluding diaryl/α,β-unsaturated/α-hetero) is 3. The second kappa shape index (κ2) is 8.98. The van der Waals surface area contributed by atoms with Crippen LogP contribution in [0.15, 0.2) is 34.2 Å². The van der Waals surface area contributed by atoms with E-state index in [-0.39, 0.29) is 29.0 Å². The molecule has 1 amide bonds. The fourth-order valence-electron chi connectivity index (χ4n) is 6.55. The third-order valence-corrected chi connectivity index (χ3v) is 7.98. The molecule has 0 aromatic heterocycles. The third kappa shape index (κ3) is 3.43. The number of primary amides is 1. The highest BCUT2D eigenvalue weighted by Gasteiger charge is 2.68. The lowest BCUT2D eigenvalue weighted by Crippen LogP contribution is -2.69. The van der Waals surface area contributed by atoms with Gasteiger partial charge in [-0.25, -0.2) is 0 Å². The lowest BCUT2D eigenvalue weighted by Gasteiger charge is -2.55. The Kier molecular flexibility index (Phi) is 6.35. The van der Waals surface area contributed by atoms with Crippen molar-refractivity contribution in [2.24, 2.45) is 28.6 Å². The lowest BCUT2D eigenvalue weighted by molar-refractivity contribution is -0.162. The Morgan fingerprint density at radius 2 is 1.84 bits per heavy atom. The van der Waals surface area contributed by atoms with Crippen molar-refractivity contribution in [1.82, 2.24) is 9.81 Å². The van der Waals surface area contributed by atoms with Gasteiger partial charge < -0.3 is 31.0 Å². The van der Waals surface area contributed by atoms with E-state index in [0.717, 1.165) is 0 Å². The molecule has 1 aromatic carbocycles. The van der Waals surface area contributed by atoms with Gasteiger partial charge in [-0.05, 0) is 44.5 Å². The van der Waals surface area contributed by atoms with Gasteiger partial charge in [-0.15, -0.1) is 0 Å². The normalized spacial score (nSPS) is 30.4. The predicted molar refractivity (Wildman–Crippen MR) is 130 cm³/mol. The summed E-state index contributed by atoms with van der Waals surface area (Å²) in [5, 5.41) is 48.7. The zero-order chi connectivity index (χ0) is 28.4. The maximum Gasteiger partial charge on any atom is 0.255 e. The van der Waals surface area contributed by atoms with Crippen LogP contribution in [0.25, 0.3) is 5.76 Å². The Labute approximate surface area is 216 Å². The van der Waals surface area contributed by atoms with E-state index in [2.05, 4.69) is 10.0 Å². The van der Waals surface area contributed by atoms with E-state index in [1.165, 1.54) is 38.1 Å². The first-order valence-corrected chi connectivity index (χ1v) is 11.8. The van der Waals surface area contributed by atoms with Gasteiger partial charge >= 0.3 is 0 Å². The van der Waals surface area contributed by atoms with Crippen molar-refractivity contribution in [3.63, 3.8) is 0 Å². The van der Waals surface area contributed by atoms with Crippen LogP contribution in [-0.4, -0.2) is 74.3 Å². The summed E-state index contributed by atoms with van der Waals surface area (Å²) in [6.07, 6.45) is -0.241. The summed E-state index contributed by atoms with van der Waals surface area (Å²) < 4.78 is 0. The van der Waals surface area contributed by atoms with Crippen LogP contribution in [0.1, 0.15) is 37.3 Å². The van der Waals surface area contributed by atoms with Crippen LogP contribution in [0.5, 0.6) is 5.75 Å². The number of nitrogens with zero attached hydrogens (tertiary/aromatic N) is 3. The molecule has 6 atom stereocenters. The van der Waals surface area contributed by atoms with Crippen LogP contribution >= 0.6 is 0 Å². The summed E-state index contributed by atoms with van der Waals surface area (Å²) >= 11 is 0. The predicted octanol–water partition coefficient (Wildman–Crippen LogP) is 0.912. The topological polar surface area (TPSA) is 229 Å². The summed E-state index contributed by atoms with van der Waals surface area (Å²) in [4.78, 5) is 56.5. The maximum atomic E-state index is 14.1. The fraction of sp³-hybridized carbons (Fsp3) is 0.440. The van der Waals surface area contributed by atoms with Crippen molar-refractivity contribution in [3.8, 4) is 5.75 Å². The Morgan fingerprint density at radius 1 is 1.21 bits per heavy atom. The average molecular weight is 527 g/mol. The molecular formula is C25H28N5O8+. The zero-order valence-corrected chi connectivity index (χ0v) is 21.1. The van der Waals surface area contributed by atoms with Crippen LogP contribution in [-0.2, 0) is 19.2 Å². The molecule has 0 bridgehead atoms. The van der Waals surface area contributed by atoms with E-state index in [1.807, 2.05) is 0 Å². The number of aliphatic hydroxyl groups is 3. The molecular weight excluding hydrogens is 498 g/mol. The van der Waals surface area contributed by atoms with Crippen molar-refractivity contribution >= 4 is 34.7 Å². The van der Waals surface area contributed by atoms with Gasteiger partial charge in [-0.2, -0.15) is 0 Å². The highest BCUT2D eigenvalue weighted by molar-refractivity contribution is 6.24. The lowest BCUT2D eigenvalue weighted by atomic mass is 9.50. The minimum Gasteiger partial charge on any atom is -0.508 e. The Hall–Kier alpha value is -4.19. The third-order valence-electron chi connectivity index (χ3n) is 7.98. The van der Waals surface area contributed by atoms with Gasteiger partial charge in [0.25, 0.3) is 5.91 Å². The van der Waals surface area contributed by atoms with Gasteiger partial charge in [0, 0.05) is 23.8 Å². The summed E-state index contributed by atoms with van der Waals surface area (Å²) in [5.74, 6) is -10.2.